The second-order valence-corrected chi connectivity index (χ2v) is 14.0. The van der Waals surface area contributed by atoms with Gasteiger partial charge >= 0.3 is 0 Å². The Morgan fingerprint density at radius 3 is 1.96 bits per heavy atom. The van der Waals surface area contributed by atoms with Crippen molar-refractivity contribution in [3.8, 4) is 27.9 Å². The molecule has 4 heterocycles. The van der Waals surface area contributed by atoms with Gasteiger partial charge in [0, 0.05) is 60.8 Å². The van der Waals surface area contributed by atoms with Crippen LogP contribution in [0.5, 0.6) is 0 Å². The van der Waals surface area contributed by atoms with Crippen molar-refractivity contribution >= 4 is 95.3 Å². The minimum absolute atomic E-state index is 0.849. The van der Waals surface area contributed by atoms with E-state index in [-0.39, 0.29) is 0 Å². The molecule has 0 aliphatic carbocycles. The molecule has 0 spiro atoms. The quantitative estimate of drug-likeness (QED) is 0.189. The first-order valence-corrected chi connectivity index (χ1v) is 18.0. The number of rotatable bonds is 4. The van der Waals surface area contributed by atoms with E-state index in [0.717, 1.165) is 77.5 Å². The van der Waals surface area contributed by atoms with Crippen LogP contribution in [-0.4, -0.2) is 11.8 Å². The fourth-order valence-electron chi connectivity index (χ4n) is 8.67. The Bertz CT molecular complexity index is 3300. The number of benzene rings is 8. The molecule has 5 heteroatoms. The summed E-state index contributed by atoms with van der Waals surface area (Å²) in [6.07, 6.45) is 0. The number of nitrogens with one attached hydrogen (secondary N) is 1. The summed E-state index contributed by atoms with van der Waals surface area (Å²) in [4.78, 5) is 0. The van der Waals surface area contributed by atoms with Crippen LogP contribution < -0.4 is 16.2 Å². The van der Waals surface area contributed by atoms with Crippen molar-refractivity contribution in [2.24, 2.45) is 0 Å². The van der Waals surface area contributed by atoms with Gasteiger partial charge in [-0.05, 0) is 82.8 Å². The highest BCUT2D eigenvalue weighted by Gasteiger charge is 2.29. The van der Waals surface area contributed by atoms with Crippen LogP contribution in [0.4, 0.5) is 11.4 Å². The van der Waals surface area contributed by atoms with E-state index in [0.29, 0.717) is 0 Å². The Balaban J connectivity index is 1.23. The average Bonchev–Trinajstić information content (AvgIpc) is 3.88. The maximum absolute atomic E-state index is 6.47. The van der Waals surface area contributed by atoms with E-state index in [2.05, 4.69) is 151 Å². The van der Waals surface area contributed by atoms with E-state index in [1.54, 1.807) is 0 Å². The summed E-state index contributed by atoms with van der Waals surface area (Å²) < 4.78 is 15.4. The number of fused-ring (bicyclic) bond motifs is 11. The molecule has 0 saturated carbocycles. The van der Waals surface area contributed by atoms with Gasteiger partial charge in [0.1, 0.15) is 22.3 Å². The van der Waals surface area contributed by atoms with Crippen molar-refractivity contribution in [1.82, 2.24) is 4.57 Å². The van der Waals surface area contributed by atoms with Gasteiger partial charge in [0.25, 0.3) is 0 Å². The summed E-state index contributed by atoms with van der Waals surface area (Å²) in [7, 11) is 2.38. The fraction of sp³-hybridized carbons (Fsp3) is 0. The zero-order valence-corrected chi connectivity index (χ0v) is 28.4. The van der Waals surface area contributed by atoms with Gasteiger partial charge in [-0.2, -0.15) is 0 Å². The predicted molar refractivity (Wildman–Crippen MR) is 221 cm³/mol. The molecule has 1 radical (unpaired) electrons. The van der Waals surface area contributed by atoms with Crippen molar-refractivity contribution in [2.45, 2.75) is 0 Å². The van der Waals surface area contributed by atoms with Gasteiger partial charge in [0.2, 0.25) is 0 Å². The molecule has 0 fully saturated rings. The van der Waals surface area contributed by atoms with Crippen LogP contribution in [0.3, 0.4) is 0 Å². The van der Waals surface area contributed by atoms with Crippen LogP contribution in [0.2, 0.25) is 0 Å². The number of nitrogens with zero attached hydrogens (tertiary/aromatic N) is 1. The third-order valence-corrected chi connectivity index (χ3v) is 11.0. The van der Waals surface area contributed by atoms with E-state index in [9.17, 15) is 0 Å². The van der Waals surface area contributed by atoms with Crippen molar-refractivity contribution in [2.75, 3.05) is 5.32 Å². The maximum atomic E-state index is 6.47. The minimum atomic E-state index is 0.849. The lowest BCUT2D eigenvalue weighted by atomic mass is 9.58. The van der Waals surface area contributed by atoms with Crippen molar-refractivity contribution in [1.29, 1.82) is 0 Å². The zero-order chi connectivity index (χ0) is 34.6. The average molecular weight is 676 g/mol. The number of hydrogen-bond acceptors (Lipinski definition) is 3. The van der Waals surface area contributed by atoms with Gasteiger partial charge in [-0.1, -0.05) is 103 Å². The summed E-state index contributed by atoms with van der Waals surface area (Å²) in [6, 6.07) is 58.1. The molecule has 4 nitrogen and oxygen atoms in total. The molecule has 12 rings (SSSR count). The van der Waals surface area contributed by atoms with E-state index in [1.807, 2.05) is 30.3 Å². The highest BCUT2D eigenvalue weighted by Crippen LogP contribution is 2.45. The SMILES string of the molecule is [B]1c2ccccc2-n2c3ccccc3c3c(-c4ccc5c(c4)oc4ccccc45)cc(-c4cc5c(cc4Nc4ccccc4)oc4ccccc45)c1c32. The Morgan fingerprint density at radius 2 is 1.13 bits per heavy atom. The highest BCUT2D eigenvalue weighted by atomic mass is 16.3. The molecule has 53 heavy (non-hydrogen) atoms. The lowest BCUT2D eigenvalue weighted by molar-refractivity contribution is 0.668. The molecule has 0 saturated heterocycles. The number of hydrogen-bond donors (Lipinski definition) is 1. The summed E-state index contributed by atoms with van der Waals surface area (Å²) >= 11 is 0. The van der Waals surface area contributed by atoms with Gasteiger partial charge in [-0.25, -0.2) is 0 Å². The minimum Gasteiger partial charge on any atom is -0.456 e. The summed E-state index contributed by atoms with van der Waals surface area (Å²) in [6.45, 7) is 0. The van der Waals surface area contributed by atoms with E-state index >= 15 is 0 Å². The molecule has 245 valence electrons. The van der Waals surface area contributed by atoms with Crippen LogP contribution in [0.25, 0.3) is 93.6 Å². The zero-order valence-electron chi connectivity index (χ0n) is 28.4. The largest absolute Gasteiger partial charge is 0.456 e. The lowest BCUT2D eigenvalue weighted by Crippen LogP contribution is -2.37. The molecule has 1 N–H and O–H groups in total. The Morgan fingerprint density at radius 1 is 0.472 bits per heavy atom. The molecule has 0 unspecified atom stereocenters. The molecular formula is C48H28BN2O2. The fourth-order valence-corrected chi connectivity index (χ4v) is 8.67. The van der Waals surface area contributed by atoms with Gasteiger partial charge < -0.3 is 18.7 Å². The topological polar surface area (TPSA) is 43.2 Å². The van der Waals surface area contributed by atoms with Crippen molar-refractivity contribution in [3.05, 3.63) is 164 Å². The van der Waals surface area contributed by atoms with Crippen LogP contribution >= 0.6 is 0 Å². The van der Waals surface area contributed by atoms with Gasteiger partial charge in [0.15, 0.2) is 7.28 Å². The van der Waals surface area contributed by atoms with Crippen LogP contribution in [0, 0.1) is 0 Å². The van der Waals surface area contributed by atoms with Crippen molar-refractivity contribution in [3.63, 3.8) is 0 Å². The molecule has 0 bridgehead atoms. The third-order valence-electron chi connectivity index (χ3n) is 11.0. The smallest absolute Gasteiger partial charge is 0.197 e. The third kappa shape index (κ3) is 4.13. The second kappa shape index (κ2) is 10.8. The number of furan rings is 2. The second-order valence-electron chi connectivity index (χ2n) is 14.0. The van der Waals surface area contributed by atoms with Gasteiger partial charge in [-0.3, -0.25) is 0 Å². The molecule has 1 aliphatic rings. The Hall–Kier alpha value is -6.98. The van der Waals surface area contributed by atoms with E-state index in [1.165, 1.54) is 38.4 Å². The molecule has 1 aliphatic heterocycles. The molecule has 11 aromatic rings. The van der Waals surface area contributed by atoms with Crippen molar-refractivity contribution < 1.29 is 8.83 Å². The monoisotopic (exact) mass is 675 g/mol. The number of aromatic nitrogens is 1. The van der Waals surface area contributed by atoms with Crippen LogP contribution in [-0.2, 0) is 0 Å². The number of para-hydroxylation sites is 5. The first kappa shape index (κ1) is 28.7. The highest BCUT2D eigenvalue weighted by molar-refractivity contribution is 6.73. The lowest BCUT2D eigenvalue weighted by Gasteiger charge is -2.25. The standard InChI is InChI=1S/C48H28BN2O2/c1-2-12-29(13-3-1)50-39-27-45-36(31-15-6-11-21-43(31)53-45)26-35(39)37-25-34(28-22-23-32-30-14-5-10-20-42(30)52-44(32)24-28)46-33-16-4-8-18-40(33)51-41-19-9-7-17-38(41)49-47(37)48(46)51/h1-27,50H. The Labute approximate surface area is 304 Å². The first-order chi connectivity index (χ1) is 26.3. The molecule has 8 aromatic carbocycles. The van der Waals surface area contributed by atoms with Gasteiger partial charge in [-0.15, -0.1) is 0 Å². The maximum Gasteiger partial charge on any atom is 0.197 e. The molecule has 0 atom stereocenters. The summed E-state index contributed by atoms with van der Waals surface area (Å²) in [5.74, 6) is 0. The summed E-state index contributed by atoms with van der Waals surface area (Å²) in [5.41, 5.74) is 15.9. The summed E-state index contributed by atoms with van der Waals surface area (Å²) in [5, 5.41) is 10.7. The molecular weight excluding hydrogens is 647 g/mol. The first-order valence-electron chi connectivity index (χ1n) is 18.0. The van der Waals surface area contributed by atoms with Gasteiger partial charge in [0.05, 0.1) is 11.2 Å². The van der Waals surface area contributed by atoms with Crippen LogP contribution in [0.1, 0.15) is 0 Å². The molecule has 3 aromatic heterocycles. The predicted octanol–water partition coefficient (Wildman–Crippen LogP) is 11.6. The normalized spacial score (nSPS) is 12.3. The van der Waals surface area contributed by atoms with E-state index < -0.39 is 0 Å². The molecule has 0 amide bonds. The Kier molecular flexibility index (Phi) is 5.83. The number of anilines is 2. The van der Waals surface area contributed by atoms with Crippen LogP contribution in [0.15, 0.2) is 173 Å². The van der Waals surface area contributed by atoms with E-state index in [4.69, 9.17) is 8.83 Å².